The Morgan fingerprint density at radius 3 is 2.84 bits per heavy atom. The number of amides is 1. The van der Waals surface area contributed by atoms with Gasteiger partial charge in [-0.05, 0) is 60.1 Å². The first-order valence-corrected chi connectivity index (χ1v) is 7.95. The maximum Gasteiger partial charge on any atom is 0.254 e. The van der Waals surface area contributed by atoms with Crippen molar-refractivity contribution in [1.82, 2.24) is 9.80 Å². The molecule has 1 atom stereocenters. The van der Waals surface area contributed by atoms with E-state index in [2.05, 4.69) is 43.8 Å². The van der Waals surface area contributed by atoms with Gasteiger partial charge < -0.3 is 9.80 Å². The van der Waals surface area contributed by atoms with Crippen molar-refractivity contribution >= 4 is 37.8 Å². The van der Waals surface area contributed by atoms with Crippen LogP contribution in [0.15, 0.2) is 27.1 Å². The van der Waals surface area contributed by atoms with Crippen molar-refractivity contribution in [2.24, 2.45) is 5.92 Å². The number of benzene rings is 1. The Bertz CT molecular complexity index is 479. The second kappa shape index (κ2) is 6.37. The molecule has 0 aromatic heterocycles. The average Bonchev–Trinajstić information content (AvgIpc) is 2.77. The Kier molecular flexibility index (Phi) is 5.03. The summed E-state index contributed by atoms with van der Waals surface area (Å²) in [5.41, 5.74) is 0.711. The number of hydrogen-bond acceptors (Lipinski definition) is 2. The maximum absolute atomic E-state index is 12.4. The van der Waals surface area contributed by atoms with E-state index in [-0.39, 0.29) is 5.91 Å². The average molecular weight is 390 g/mol. The van der Waals surface area contributed by atoms with Gasteiger partial charge in [-0.2, -0.15) is 0 Å². The van der Waals surface area contributed by atoms with E-state index in [9.17, 15) is 4.79 Å². The summed E-state index contributed by atoms with van der Waals surface area (Å²) in [6.45, 7) is 3.03. The molecule has 0 aliphatic carbocycles. The molecular formula is C14H18Br2N2O. The Balaban J connectivity index is 2.04. The molecule has 0 saturated carbocycles. The fraction of sp³-hybridized carbons (Fsp3) is 0.500. The highest BCUT2D eigenvalue weighted by atomic mass is 79.9. The predicted octanol–water partition coefficient (Wildman–Crippen LogP) is 3.24. The predicted molar refractivity (Wildman–Crippen MR) is 84.4 cm³/mol. The largest absolute Gasteiger partial charge is 0.341 e. The zero-order chi connectivity index (χ0) is 14.0. The number of likely N-dealkylation sites (tertiary alicyclic amines) is 1. The molecule has 1 amide bonds. The molecule has 1 aliphatic rings. The lowest BCUT2D eigenvalue weighted by Crippen LogP contribution is -2.33. The fourth-order valence-corrected chi connectivity index (χ4v) is 3.29. The molecule has 1 aromatic rings. The number of carbonyl (C=O) groups excluding carboxylic acids is 1. The molecule has 1 fully saturated rings. The van der Waals surface area contributed by atoms with Gasteiger partial charge in [0.25, 0.3) is 5.91 Å². The van der Waals surface area contributed by atoms with Crippen molar-refractivity contribution in [2.45, 2.75) is 6.42 Å². The normalized spacial score (nSPS) is 19.7. The van der Waals surface area contributed by atoms with E-state index in [1.807, 2.05) is 30.1 Å². The summed E-state index contributed by atoms with van der Waals surface area (Å²) in [5.74, 6) is 0.660. The lowest BCUT2D eigenvalue weighted by Gasteiger charge is -2.22. The van der Waals surface area contributed by atoms with Crippen LogP contribution in [0, 0.1) is 5.92 Å². The Morgan fingerprint density at radius 2 is 2.21 bits per heavy atom. The summed E-state index contributed by atoms with van der Waals surface area (Å²) in [5, 5.41) is 0. The van der Waals surface area contributed by atoms with Crippen LogP contribution in [0.5, 0.6) is 0 Å². The Morgan fingerprint density at radius 1 is 1.47 bits per heavy atom. The molecule has 0 spiro atoms. The molecule has 2 rings (SSSR count). The minimum Gasteiger partial charge on any atom is -0.341 e. The van der Waals surface area contributed by atoms with E-state index < -0.39 is 0 Å². The van der Waals surface area contributed by atoms with E-state index >= 15 is 0 Å². The summed E-state index contributed by atoms with van der Waals surface area (Å²) < 4.78 is 1.77. The third-order valence-corrected chi connectivity index (χ3v) is 4.71. The molecule has 1 aliphatic heterocycles. The van der Waals surface area contributed by atoms with Gasteiger partial charge in [0.05, 0.1) is 5.56 Å². The van der Waals surface area contributed by atoms with Crippen molar-refractivity contribution in [3.63, 3.8) is 0 Å². The quantitative estimate of drug-likeness (QED) is 0.792. The number of nitrogens with zero attached hydrogens (tertiary/aromatic N) is 2. The summed E-state index contributed by atoms with van der Waals surface area (Å²) in [6.07, 6.45) is 1.17. The van der Waals surface area contributed by atoms with E-state index in [4.69, 9.17) is 0 Å². The molecule has 104 valence electrons. The van der Waals surface area contributed by atoms with Gasteiger partial charge in [-0.25, -0.2) is 0 Å². The first kappa shape index (κ1) is 15.0. The molecule has 5 heteroatoms. The molecule has 1 saturated heterocycles. The molecule has 0 radical (unpaired) electrons. The first-order valence-electron chi connectivity index (χ1n) is 6.36. The van der Waals surface area contributed by atoms with Crippen molar-refractivity contribution in [1.29, 1.82) is 0 Å². The lowest BCUT2D eigenvalue weighted by atomic mass is 10.1. The van der Waals surface area contributed by atoms with Crippen LogP contribution in [-0.4, -0.2) is 49.4 Å². The molecule has 1 unspecified atom stereocenters. The standard InChI is InChI=1S/C14H18Br2N2O/c1-17-6-5-10(8-17)9-18(2)14(19)12-7-11(15)3-4-13(12)16/h3-4,7,10H,5-6,8-9H2,1-2H3. The van der Waals surface area contributed by atoms with Gasteiger partial charge in [-0.15, -0.1) is 0 Å². The second-order valence-corrected chi connectivity index (χ2v) is 7.00. The summed E-state index contributed by atoms with van der Waals surface area (Å²) in [4.78, 5) is 16.6. The SMILES string of the molecule is CN1CCC(CN(C)C(=O)c2cc(Br)ccc2Br)C1. The van der Waals surface area contributed by atoms with Crippen molar-refractivity contribution in [2.75, 3.05) is 33.7 Å². The van der Waals surface area contributed by atoms with E-state index in [1.165, 1.54) is 6.42 Å². The van der Waals surface area contributed by atoms with Crippen LogP contribution in [0.1, 0.15) is 16.8 Å². The Hall–Kier alpha value is -0.390. The van der Waals surface area contributed by atoms with Crippen LogP contribution in [0.3, 0.4) is 0 Å². The van der Waals surface area contributed by atoms with Crippen LogP contribution in [0.4, 0.5) is 0 Å². The van der Waals surface area contributed by atoms with Gasteiger partial charge in [0, 0.05) is 29.1 Å². The summed E-state index contributed by atoms with van der Waals surface area (Å²) in [7, 11) is 4.01. The minimum absolute atomic E-state index is 0.0720. The van der Waals surface area contributed by atoms with Gasteiger partial charge in [-0.1, -0.05) is 15.9 Å². The highest BCUT2D eigenvalue weighted by Gasteiger charge is 2.23. The molecular weight excluding hydrogens is 372 g/mol. The van der Waals surface area contributed by atoms with Crippen molar-refractivity contribution in [3.05, 3.63) is 32.7 Å². The first-order chi connectivity index (χ1) is 8.97. The maximum atomic E-state index is 12.4. The molecule has 0 bridgehead atoms. The molecule has 0 N–H and O–H groups in total. The molecule has 3 nitrogen and oxygen atoms in total. The van der Waals surface area contributed by atoms with Gasteiger partial charge in [0.15, 0.2) is 0 Å². The second-order valence-electron chi connectivity index (χ2n) is 5.23. The Labute approximate surface area is 131 Å². The number of hydrogen-bond donors (Lipinski definition) is 0. The number of carbonyl (C=O) groups is 1. The van der Waals surface area contributed by atoms with Gasteiger partial charge in [0.1, 0.15) is 0 Å². The van der Waals surface area contributed by atoms with Crippen LogP contribution >= 0.6 is 31.9 Å². The van der Waals surface area contributed by atoms with Crippen molar-refractivity contribution in [3.8, 4) is 0 Å². The van der Waals surface area contributed by atoms with E-state index in [0.29, 0.717) is 11.5 Å². The van der Waals surface area contributed by atoms with Crippen LogP contribution in [0.25, 0.3) is 0 Å². The fourth-order valence-electron chi connectivity index (χ4n) is 2.51. The molecule has 19 heavy (non-hydrogen) atoms. The molecule has 1 aromatic carbocycles. The van der Waals surface area contributed by atoms with Crippen LogP contribution in [0.2, 0.25) is 0 Å². The van der Waals surface area contributed by atoms with Crippen molar-refractivity contribution < 1.29 is 4.79 Å². The highest BCUT2D eigenvalue weighted by Crippen LogP contribution is 2.23. The number of rotatable bonds is 3. The minimum atomic E-state index is 0.0720. The smallest absolute Gasteiger partial charge is 0.254 e. The van der Waals surface area contributed by atoms with Crippen LogP contribution in [-0.2, 0) is 0 Å². The van der Waals surface area contributed by atoms with Gasteiger partial charge >= 0.3 is 0 Å². The highest BCUT2D eigenvalue weighted by molar-refractivity contribution is 9.11. The van der Waals surface area contributed by atoms with E-state index in [1.54, 1.807) is 0 Å². The van der Waals surface area contributed by atoms with E-state index in [0.717, 1.165) is 28.6 Å². The number of halogens is 2. The summed E-state index contributed by atoms with van der Waals surface area (Å²) in [6, 6.07) is 5.69. The van der Waals surface area contributed by atoms with Gasteiger partial charge in [0.2, 0.25) is 0 Å². The summed E-state index contributed by atoms with van der Waals surface area (Å²) >= 11 is 6.86. The zero-order valence-corrected chi connectivity index (χ0v) is 14.4. The zero-order valence-electron chi connectivity index (χ0n) is 11.2. The molecule has 1 heterocycles. The third-order valence-electron chi connectivity index (χ3n) is 3.53. The van der Waals surface area contributed by atoms with Gasteiger partial charge in [-0.3, -0.25) is 4.79 Å². The topological polar surface area (TPSA) is 23.6 Å². The van der Waals surface area contributed by atoms with Crippen LogP contribution < -0.4 is 0 Å². The third kappa shape index (κ3) is 3.80. The monoisotopic (exact) mass is 388 g/mol. The lowest BCUT2D eigenvalue weighted by molar-refractivity contribution is 0.0773.